The molecule has 0 saturated heterocycles. The zero-order chi connectivity index (χ0) is 61.8. The number of pyridine rings is 3. The molecule has 0 amide bonds. The van der Waals surface area contributed by atoms with Gasteiger partial charge in [-0.25, -0.2) is 0 Å². The summed E-state index contributed by atoms with van der Waals surface area (Å²) in [7, 11) is -1.09. The Bertz CT molecular complexity index is 3950. The second-order valence-corrected chi connectivity index (χ2v) is 25.7. The Labute approximate surface area is 535 Å². The van der Waals surface area contributed by atoms with Crippen molar-refractivity contribution in [2.45, 2.75) is 40.8 Å². The summed E-state index contributed by atoms with van der Waals surface area (Å²) in [5.41, 5.74) is 14.9. The van der Waals surface area contributed by atoms with Crippen LogP contribution in [-0.2, 0) is 26.0 Å². The number of H-pyrrole nitrogens is 1. The number of hydrogen-bond acceptors (Lipinski definition) is 6. The van der Waals surface area contributed by atoms with Gasteiger partial charge in [-0.2, -0.15) is 18.3 Å². The number of nitrogens with one attached hydrogen (secondary N) is 1. The van der Waals surface area contributed by atoms with Crippen molar-refractivity contribution in [3.63, 3.8) is 0 Å². The van der Waals surface area contributed by atoms with E-state index in [2.05, 4.69) is 230 Å². The molecule has 13 rings (SSSR count). The van der Waals surface area contributed by atoms with Crippen molar-refractivity contribution in [2.24, 2.45) is 0 Å². The van der Waals surface area contributed by atoms with Gasteiger partial charge in [-0.3, -0.25) is 20.1 Å². The molecule has 7 aromatic carbocycles. The molecule has 0 fully saturated rings. The van der Waals surface area contributed by atoms with Crippen molar-refractivity contribution in [3.05, 3.63) is 301 Å². The predicted molar refractivity (Wildman–Crippen MR) is 361 cm³/mol. The van der Waals surface area contributed by atoms with Crippen LogP contribution < -0.4 is 31.4 Å². The smallest absolute Gasteiger partial charge is 0.574 e. The average molecular weight is 1390 g/mol. The van der Waals surface area contributed by atoms with Crippen molar-refractivity contribution in [1.29, 1.82) is 0 Å². The summed E-state index contributed by atoms with van der Waals surface area (Å²) in [6.07, 6.45) is 0.972. The number of alkyl halides is 3. The Morgan fingerprint density at radius 3 is 0.978 bits per heavy atom. The molecule has 0 aliphatic rings. The first-order valence-corrected chi connectivity index (χ1v) is 32.7. The van der Waals surface area contributed by atoms with Crippen molar-refractivity contribution in [2.75, 3.05) is 13.3 Å². The van der Waals surface area contributed by atoms with Gasteiger partial charge in [0.1, 0.15) is 11.4 Å². The van der Waals surface area contributed by atoms with E-state index in [0.29, 0.717) is 5.69 Å². The van der Waals surface area contributed by atoms with Gasteiger partial charge in [-0.05, 0) is 147 Å². The van der Waals surface area contributed by atoms with Gasteiger partial charge in [-0.1, -0.05) is 181 Å². The van der Waals surface area contributed by atoms with Crippen molar-refractivity contribution in [3.8, 4) is 67.5 Å². The molecule has 0 saturated carbocycles. The fourth-order valence-corrected chi connectivity index (χ4v) is 13.0. The van der Waals surface area contributed by atoms with E-state index in [-0.39, 0.29) is 25.5 Å². The summed E-state index contributed by atoms with van der Waals surface area (Å²) in [6, 6.07) is 84.0. The van der Waals surface area contributed by atoms with Gasteiger partial charge in [0.2, 0.25) is 0 Å². The molecular formula is C74H68F3N9OsP2+2. The molecule has 0 spiro atoms. The molecule has 0 bridgehead atoms. The maximum Gasteiger partial charge on any atom is 2.00 e. The van der Waals surface area contributed by atoms with Gasteiger partial charge in [0, 0.05) is 58.1 Å². The topological polar surface area (TPSA) is 121 Å². The van der Waals surface area contributed by atoms with Gasteiger partial charge in [-0.15, -0.1) is 0 Å². The van der Waals surface area contributed by atoms with Crippen LogP contribution in [0, 0.1) is 34.6 Å². The zero-order valence-corrected chi connectivity index (χ0v) is 55.0. The van der Waals surface area contributed by atoms with Gasteiger partial charge >= 0.3 is 26.0 Å². The Morgan fingerprint density at radius 2 is 0.685 bits per heavy atom. The van der Waals surface area contributed by atoms with Crippen LogP contribution in [0.1, 0.15) is 33.8 Å². The minimum atomic E-state index is -4.50. The minimum Gasteiger partial charge on any atom is -0.574 e. The van der Waals surface area contributed by atoms with Crippen LogP contribution >= 0.6 is 15.8 Å². The van der Waals surface area contributed by atoms with Crippen molar-refractivity contribution >= 4 is 37.1 Å². The van der Waals surface area contributed by atoms with Crippen LogP contribution in [-0.4, -0.2) is 48.7 Å². The number of hydrogen-bond donors (Lipinski definition) is 1. The van der Waals surface area contributed by atoms with Crippen LogP contribution in [0.3, 0.4) is 0 Å². The number of aromatic amines is 1. The molecule has 446 valence electrons. The van der Waals surface area contributed by atoms with Crippen LogP contribution in [0.15, 0.2) is 267 Å². The van der Waals surface area contributed by atoms with Gasteiger partial charge in [0.25, 0.3) is 0 Å². The Kier molecular flexibility index (Phi) is 23.9. The summed E-state index contributed by atoms with van der Waals surface area (Å²) >= 11 is 0. The number of halogens is 3. The van der Waals surface area contributed by atoms with Crippen LogP contribution in [0.5, 0.6) is 0 Å². The molecule has 6 aromatic heterocycles. The van der Waals surface area contributed by atoms with E-state index >= 15 is 0 Å². The Morgan fingerprint density at radius 1 is 0.371 bits per heavy atom. The molecule has 0 aliphatic heterocycles. The standard InChI is InChI=1S/C16H11F3N3.C16H15N3.C16H14N3.2C13H13P.Os/c1-10-7-13(14-8-15(22-21-14)16(17,18)19)20-9-12(10)11-5-3-2-4-6-11;2*1-11-8-15(16-9-12(2)18-19-16)17-10-14(11)13-6-4-3-5-7-13;2*1-14(12-8-4-2-5-9-12)13-10-6-3-7-11-13;/h2-9H,1H3;3-10H,1-2H3,(H,18,19);3-10H,1-2H3;2*2-11H,1H3;/q-1;;-1;;;+2/p+2. The molecule has 0 radical (unpaired) electrons. The van der Waals surface area contributed by atoms with Crippen LogP contribution in [0.4, 0.5) is 13.2 Å². The normalized spacial score (nSPS) is 10.7. The Hall–Kier alpha value is -9.09. The quantitative estimate of drug-likeness (QED) is 0.134. The third-order valence-corrected chi connectivity index (χ3v) is 19.2. The summed E-state index contributed by atoms with van der Waals surface area (Å²) in [5.74, 6) is 0. The third kappa shape index (κ3) is 18.5. The first-order valence-electron chi connectivity index (χ1n) is 28.7. The zero-order valence-electron chi connectivity index (χ0n) is 50.5. The van der Waals surface area contributed by atoms with E-state index < -0.39 is 27.7 Å². The molecule has 0 aliphatic carbocycles. The molecule has 0 atom stereocenters. The summed E-state index contributed by atoms with van der Waals surface area (Å²) in [6.45, 7) is 14.7. The number of benzene rings is 7. The van der Waals surface area contributed by atoms with Crippen molar-refractivity contribution < 1.29 is 33.0 Å². The molecule has 89 heavy (non-hydrogen) atoms. The van der Waals surface area contributed by atoms with Gasteiger partial charge in [0.15, 0.2) is 0 Å². The van der Waals surface area contributed by atoms with Crippen LogP contribution in [0.25, 0.3) is 67.5 Å². The van der Waals surface area contributed by atoms with E-state index in [1.807, 2.05) is 112 Å². The molecule has 15 heteroatoms. The van der Waals surface area contributed by atoms with Crippen molar-refractivity contribution in [1.82, 2.24) is 45.5 Å². The molecule has 13 aromatic rings. The maximum absolute atomic E-state index is 12.6. The fourth-order valence-electron chi connectivity index (χ4n) is 9.56. The number of aromatic nitrogens is 9. The van der Waals surface area contributed by atoms with Gasteiger partial charge < -0.3 is 20.4 Å². The molecular weight excluding hydrogens is 1320 g/mol. The largest absolute Gasteiger partial charge is 2.00 e. The third-order valence-electron chi connectivity index (χ3n) is 14.4. The van der Waals surface area contributed by atoms with E-state index in [9.17, 15) is 13.2 Å². The fraction of sp³-hybridized carbons (Fsp3) is 0.108. The molecule has 6 heterocycles. The minimum absolute atomic E-state index is 0. The summed E-state index contributed by atoms with van der Waals surface area (Å²) < 4.78 is 37.7. The second kappa shape index (κ2) is 32.2. The molecule has 1 N–H and O–H groups in total. The first-order chi connectivity index (χ1) is 42.7. The first kappa shape index (κ1) is 65.9. The van der Waals surface area contributed by atoms with E-state index in [0.717, 1.165) is 68.0 Å². The SMILES string of the molecule is C[PH+](c1ccccc1)c1ccccc1.C[PH+](c1ccccc1)c1ccccc1.Cc1cc(-c2cc(C(F)(F)F)n[n-]2)ncc1-c1ccccc1.Cc1cc(-c2cc(C)c(-c3ccccc3)cn2)[n-]n1.Cc1cc(-c2cc(C)c(-c3ccccc3)cn2)n[nH]1.[Os+2]. The van der Waals surface area contributed by atoms with E-state index in [4.69, 9.17) is 0 Å². The average Bonchev–Trinajstić information content (AvgIpc) is 4.38. The molecule has 9 nitrogen and oxygen atoms in total. The Balaban J connectivity index is 0.000000145. The second-order valence-electron chi connectivity index (χ2n) is 20.9. The number of rotatable bonds is 10. The van der Waals surface area contributed by atoms with E-state index in [1.165, 1.54) is 43.5 Å². The molecule has 0 unspecified atom stereocenters. The number of aryl methyl sites for hydroxylation is 5. The van der Waals surface area contributed by atoms with Crippen LogP contribution in [0.2, 0.25) is 0 Å². The summed E-state index contributed by atoms with van der Waals surface area (Å²) in [5, 5.41) is 27.9. The predicted octanol–water partition coefficient (Wildman–Crippen LogP) is 16.2. The monoisotopic (exact) mass is 1390 g/mol. The van der Waals surface area contributed by atoms with Gasteiger partial charge in [0.05, 0.1) is 56.1 Å². The number of nitrogens with zero attached hydrogens (tertiary/aromatic N) is 8. The van der Waals surface area contributed by atoms with E-state index in [1.54, 1.807) is 12.3 Å². The maximum atomic E-state index is 12.6. The summed E-state index contributed by atoms with van der Waals surface area (Å²) in [4.78, 5) is 13.2.